The monoisotopic (exact) mass is 414 g/mol. The van der Waals surface area contributed by atoms with Crippen molar-refractivity contribution in [3.63, 3.8) is 0 Å². The highest BCUT2D eigenvalue weighted by atomic mass is 32.1. The van der Waals surface area contributed by atoms with Crippen LogP contribution in [0.15, 0.2) is 59.0 Å². The normalized spacial score (nSPS) is 11.3. The van der Waals surface area contributed by atoms with Crippen molar-refractivity contribution in [1.82, 2.24) is 4.57 Å². The minimum atomic E-state index is -0.811. The zero-order valence-corrected chi connectivity index (χ0v) is 16.7. The first kappa shape index (κ1) is 20.5. The molecule has 1 heterocycles. The fourth-order valence-electron chi connectivity index (χ4n) is 2.54. The lowest BCUT2D eigenvalue weighted by atomic mass is 10.1. The molecular weight excluding hydrogens is 395 g/mol. The van der Waals surface area contributed by atoms with Gasteiger partial charge < -0.3 is 14.0 Å². The molecular formula is C21H19FN2O4S. The van der Waals surface area contributed by atoms with E-state index in [9.17, 15) is 14.0 Å². The van der Waals surface area contributed by atoms with Crippen LogP contribution in [0.5, 0.6) is 5.75 Å². The molecule has 0 aliphatic carbocycles. The molecule has 1 amide bonds. The highest BCUT2D eigenvalue weighted by molar-refractivity contribution is 7.07. The largest absolute Gasteiger partial charge is 0.494 e. The van der Waals surface area contributed by atoms with Gasteiger partial charge in [0.15, 0.2) is 23.0 Å². The lowest BCUT2D eigenvalue weighted by Crippen LogP contribution is -2.20. The summed E-state index contributed by atoms with van der Waals surface area (Å²) in [7, 11) is 1.33. The number of ether oxygens (including phenoxy) is 2. The van der Waals surface area contributed by atoms with Crippen LogP contribution in [-0.2, 0) is 16.1 Å². The van der Waals surface area contributed by atoms with E-state index in [0.717, 1.165) is 11.6 Å². The van der Waals surface area contributed by atoms with Gasteiger partial charge in [-0.3, -0.25) is 4.79 Å². The van der Waals surface area contributed by atoms with Crippen molar-refractivity contribution in [2.24, 2.45) is 4.99 Å². The molecule has 0 spiro atoms. The van der Waals surface area contributed by atoms with Crippen LogP contribution in [0.3, 0.4) is 0 Å². The fourth-order valence-corrected chi connectivity index (χ4v) is 3.29. The number of halogens is 1. The van der Waals surface area contributed by atoms with Crippen LogP contribution < -0.4 is 9.54 Å². The van der Waals surface area contributed by atoms with E-state index in [1.54, 1.807) is 0 Å². The van der Waals surface area contributed by atoms with E-state index in [2.05, 4.69) is 4.99 Å². The van der Waals surface area contributed by atoms with E-state index in [-0.39, 0.29) is 11.3 Å². The van der Waals surface area contributed by atoms with E-state index in [0.29, 0.717) is 11.3 Å². The van der Waals surface area contributed by atoms with Gasteiger partial charge in [-0.25, -0.2) is 9.18 Å². The van der Waals surface area contributed by atoms with Crippen LogP contribution in [0, 0.1) is 12.7 Å². The zero-order chi connectivity index (χ0) is 20.8. The molecule has 0 radical (unpaired) electrons. The molecule has 1 aromatic heterocycles. The van der Waals surface area contributed by atoms with Gasteiger partial charge in [-0.15, -0.1) is 11.3 Å². The minimum absolute atomic E-state index is 0.0124. The summed E-state index contributed by atoms with van der Waals surface area (Å²) >= 11 is 1.31. The van der Waals surface area contributed by atoms with Crippen molar-refractivity contribution in [2.45, 2.75) is 13.5 Å². The number of nitrogens with zero attached hydrogens (tertiary/aromatic N) is 2. The number of methoxy groups -OCH3 is 1. The van der Waals surface area contributed by atoms with Crippen LogP contribution in [0.25, 0.3) is 0 Å². The SMILES string of the molecule is COc1ccc(C(=O)OCC(=O)N=c2sccn2Cc2ccc(C)cc2)cc1F. The maximum Gasteiger partial charge on any atom is 0.338 e. The summed E-state index contributed by atoms with van der Waals surface area (Å²) in [5.74, 6) is -2.08. The number of aryl methyl sites for hydroxylation is 1. The molecule has 29 heavy (non-hydrogen) atoms. The quantitative estimate of drug-likeness (QED) is 0.580. The van der Waals surface area contributed by atoms with Crippen LogP contribution >= 0.6 is 11.3 Å². The average Bonchev–Trinajstić information content (AvgIpc) is 3.14. The van der Waals surface area contributed by atoms with Crippen LogP contribution in [0.2, 0.25) is 0 Å². The van der Waals surface area contributed by atoms with E-state index in [4.69, 9.17) is 9.47 Å². The Hall–Kier alpha value is -3.26. The number of carbonyl (C=O) groups is 2. The third kappa shape index (κ3) is 5.39. The Balaban J connectivity index is 1.64. The zero-order valence-electron chi connectivity index (χ0n) is 15.9. The Morgan fingerprint density at radius 2 is 1.93 bits per heavy atom. The second-order valence-corrected chi connectivity index (χ2v) is 7.10. The van der Waals surface area contributed by atoms with Crippen LogP contribution in [-0.4, -0.2) is 30.2 Å². The van der Waals surface area contributed by atoms with Gasteiger partial charge in [0.05, 0.1) is 12.7 Å². The predicted molar refractivity (Wildman–Crippen MR) is 106 cm³/mol. The van der Waals surface area contributed by atoms with E-state index in [1.165, 1.54) is 36.1 Å². The molecule has 0 saturated heterocycles. The predicted octanol–water partition coefficient (Wildman–Crippen LogP) is 3.34. The molecule has 8 heteroatoms. The lowest BCUT2D eigenvalue weighted by molar-refractivity contribution is -0.121. The summed E-state index contributed by atoms with van der Waals surface area (Å²) in [6, 6.07) is 11.7. The Labute approximate surface area is 170 Å². The number of aromatic nitrogens is 1. The van der Waals surface area contributed by atoms with Gasteiger partial charge in [-0.05, 0) is 30.7 Å². The average molecular weight is 414 g/mol. The highest BCUT2D eigenvalue weighted by Crippen LogP contribution is 2.18. The van der Waals surface area contributed by atoms with E-state index < -0.39 is 24.3 Å². The molecule has 0 atom stereocenters. The first-order chi connectivity index (χ1) is 14.0. The maximum atomic E-state index is 13.7. The Kier molecular flexibility index (Phi) is 6.56. The third-order valence-electron chi connectivity index (χ3n) is 4.07. The number of thiazole rings is 1. The second kappa shape index (κ2) is 9.29. The van der Waals surface area contributed by atoms with Crippen molar-refractivity contribution < 1.29 is 23.5 Å². The summed E-state index contributed by atoms with van der Waals surface area (Å²) < 4.78 is 25.3. The highest BCUT2D eigenvalue weighted by Gasteiger charge is 2.13. The molecule has 0 aliphatic rings. The molecule has 6 nitrogen and oxygen atoms in total. The molecule has 3 aromatic rings. The molecule has 0 unspecified atom stereocenters. The smallest absolute Gasteiger partial charge is 0.338 e. The van der Waals surface area contributed by atoms with Gasteiger partial charge in [-0.2, -0.15) is 4.99 Å². The Morgan fingerprint density at radius 1 is 1.17 bits per heavy atom. The molecule has 0 bridgehead atoms. The summed E-state index contributed by atoms with van der Waals surface area (Å²) in [5, 5.41) is 1.83. The molecule has 0 saturated carbocycles. The lowest BCUT2D eigenvalue weighted by Gasteiger charge is -2.05. The number of benzene rings is 2. The molecule has 3 rings (SSSR count). The van der Waals surface area contributed by atoms with Crippen molar-refractivity contribution in [1.29, 1.82) is 0 Å². The van der Waals surface area contributed by atoms with Gasteiger partial charge in [0, 0.05) is 18.1 Å². The van der Waals surface area contributed by atoms with Crippen molar-refractivity contribution in [3.8, 4) is 5.75 Å². The number of amides is 1. The summed E-state index contributed by atoms with van der Waals surface area (Å²) in [4.78, 5) is 28.6. The van der Waals surface area contributed by atoms with Crippen molar-refractivity contribution in [3.05, 3.63) is 81.4 Å². The summed E-state index contributed by atoms with van der Waals surface area (Å²) in [5.41, 5.74) is 2.24. The van der Waals surface area contributed by atoms with Crippen LogP contribution in [0.4, 0.5) is 4.39 Å². The first-order valence-electron chi connectivity index (χ1n) is 8.74. The van der Waals surface area contributed by atoms with Crippen molar-refractivity contribution in [2.75, 3.05) is 13.7 Å². The van der Waals surface area contributed by atoms with Gasteiger partial charge in [0.25, 0.3) is 5.91 Å². The van der Waals surface area contributed by atoms with Crippen LogP contribution in [0.1, 0.15) is 21.5 Å². The van der Waals surface area contributed by atoms with Gasteiger partial charge in [0.1, 0.15) is 0 Å². The molecule has 0 fully saturated rings. The fraction of sp³-hybridized carbons (Fsp3) is 0.190. The molecule has 2 aromatic carbocycles. The molecule has 150 valence electrons. The maximum absolute atomic E-state index is 13.7. The number of carbonyl (C=O) groups excluding carboxylic acids is 2. The standard InChI is InChI=1S/C21H19FN2O4S/c1-14-3-5-15(6-4-14)12-24-9-10-29-21(24)23-19(25)13-28-20(26)16-7-8-18(27-2)17(22)11-16/h3-11H,12-13H2,1-2H3. The van der Waals surface area contributed by atoms with Gasteiger partial charge >= 0.3 is 5.97 Å². The topological polar surface area (TPSA) is 69.9 Å². The molecule has 0 N–H and O–H groups in total. The van der Waals surface area contributed by atoms with Gasteiger partial charge in [0.2, 0.25) is 0 Å². The second-order valence-electron chi connectivity index (χ2n) is 6.23. The van der Waals surface area contributed by atoms with Crippen molar-refractivity contribution >= 4 is 23.2 Å². The minimum Gasteiger partial charge on any atom is -0.494 e. The van der Waals surface area contributed by atoms with E-state index in [1.807, 2.05) is 47.3 Å². The summed E-state index contributed by atoms with van der Waals surface area (Å²) in [6.07, 6.45) is 1.84. The number of esters is 1. The third-order valence-corrected chi connectivity index (χ3v) is 4.86. The Morgan fingerprint density at radius 3 is 2.62 bits per heavy atom. The number of hydrogen-bond donors (Lipinski definition) is 0. The van der Waals surface area contributed by atoms with E-state index >= 15 is 0 Å². The Bertz CT molecular complexity index is 1090. The summed E-state index contributed by atoms with van der Waals surface area (Å²) in [6.45, 7) is 2.05. The first-order valence-corrected chi connectivity index (χ1v) is 9.62. The number of hydrogen-bond acceptors (Lipinski definition) is 5. The van der Waals surface area contributed by atoms with Gasteiger partial charge in [-0.1, -0.05) is 29.8 Å². The number of rotatable bonds is 6. The molecule has 0 aliphatic heterocycles.